The molecule has 98 heavy (non-hydrogen) atoms. The number of hydrogen-bond donors (Lipinski definition) is 6. The van der Waals surface area contributed by atoms with Crippen molar-refractivity contribution in [3.63, 3.8) is 0 Å². The SMILES string of the molecule is Br.C.C=CC(=O)Nc1cccc(C(=O)Nc2ncc(N3CCN(C)CC3)s2)c1.C=CC(=O)Nc1cccc(OC=O)c1.CN1CCN(c2cnc(N)s2)CC1.CN1CCNCC1.CN=P.Nc1ncc(Br)s1.O=CO[O-].[2H]CF.[B]B([B])B(B([B])[B])B(B([B])[B])B(B([B])[B])B([B])[B].[H-].[K+].[K+]. The van der Waals surface area contributed by atoms with E-state index >= 15 is 0 Å². The number of piperazine rings is 3. The Kier molecular flexibility index (Phi) is 66.1. The maximum atomic E-state index is 12.5. The third kappa shape index (κ3) is 46.4. The number of amides is 3. The average molecular weight is 1570 g/mol. The average Bonchev–Trinajstić information content (AvgIpc) is 1.79. The zero-order chi connectivity index (χ0) is 72.0. The van der Waals surface area contributed by atoms with E-state index < -0.39 is 58.2 Å². The first-order valence-electron chi connectivity index (χ1n) is 29.0. The Balaban J connectivity index is -0.000000266. The Morgan fingerprint density at radius 1 is 0.694 bits per heavy atom. The van der Waals surface area contributed by atoms with Gasteiger partial charge in [0.15, 0.2) is 15.4 Å². The minimum absolute atomic E-state index is 0. The molecular formula is C48H73B18Br2FK2N15O8PS3. The second-order valence-electron chi connectivity index (χ2n) is 19.9. The van der Waals surface area contributed by atoms with Crippen molar-refractivity contribution < 1.29 is 149 Å². The zero-order valence-corrected chi connectivity index (χ0v) is 68.5. The molecule has 0 atom stereocenters. The van der Waals surface area contributed by atoms with E-state index in [1.54, 1.807) is 73.2 Å². The van der Waals surface area contributed by atoms with E-state index in [0.29, 0.717) is 44.6 Å². The molecule has 0 aliphatic carbocycles. The Labute approximate surface area is 717 Å². The maximum absolute atomic E-state index is 12.5. The fraction of sp³-hybridized carbons (Fsp3) is 0.375. The van der Waals surface area contributed by atoms with Crippen molar-refractivity contribution in [3.8, 4) is 5.75 Å². The van der Waals surface area contributed by atoms with Crippen LogP contribution in [0.15, 0.2) is 101 Å². The smallest absolute Gasteiger partial charge is 1.00 e. The van der Waals surface area contributed by atoms with E-state index in [2.05, 4.69) is 134 Å². The maximum Gasteiger partial charge on any atom is 1.00 e. The zero-order valence-electron chi connectivity index (χ0n) is 57.5. The van der Waals surface area contributed by atoms with Crippen molar-refractivity contribution in [1.82, 2.24) is 35.0 Å². The molecule has 0 spiro atoms. The van der Waals surface area contributed by atoms with Gasteiger partial charge in [0, 0.05) is 237 Å². The van der Waals surface area contributed by atoms with Gasteiger partial charge in [-0.05, 0) is 88.6 Å². The van der Waals surface area contributed by atoms with Crippen molar-refractivity contribution in [2.45, 2.75) is 7.43 Å². The Bertz CT molecular complexity index is 2960. The molecule has 0 bridgehead atoms. The summed E-state index contributed by atoms with van der Waals surface area (Å²) >= 11 is 7.67. The van der Waals surface area contributed by atoms with Crippen molar-refractivity contribution in [1.29, 1.82) is 0 Å². The number of benzene rings is 2. The summed E-state index contributed by atoms with van der Waals surface area (Å²) in [7, 11) is 66.6. The number of ether oxygens (including phenoxy) is 1. The van der Waals surface area contributed by atoms with Gasteiger partial charge in [0.1, 0.15) is 15.8 Å². The van der Waals surface area contributed by atoms with E-state index in [4.69, 9.17) is 100 Å². The number of nitrogens with one attached hydrogen (secondary N) is 4. The number of aromatic nitrogens is 3. The van der Waals surface area contributed by atoms with E-state index in [9.17, 15) is 23.6 Å². The molecule has 2 aromatic carbocycles. The van der Waals surface area contributed by atoms with Gasteiger partial charge in [-0.25, -0.2) is 15.0 Å². The third-order valence-corrected chi connectivity index (χ3v) is 16.1. The van der Waals surface area contributed by atoms with Crippen LogP contribution in [-0.4, -0.2) is 303 Å². The van der Waals surface area contributed by atoms with E-state index in [1.165, 1.54) is 52.9 Å². The molecule has 3 fully saturated rings. The van der Waals surface area contributed by atoms with Gasteiger partial charge in [0.25, 0.3) is 18.9 Å². The van der Waals surface area contributed by atoms with Crippen molar-refractivity contribution in [2.24, 2.45) is 4.74 Å². The summed E-state index contributed by atoms with van der Waals surface area (Å²) in [6, 6.07) is 13.2. The molecule has 50 heteroatoms. The molecule has 3 aromatic heterocycles. The second kappa shape index (κ2) is 62.9. The largest absolute Gasteiger partial charge is 1.00 e. The molecule has 3 amide bonds. The molecule has 20 radical (unpaired) electrons. The van der Waals surface area contributed by atoms with Crippen molar-refractivity contribution >= 4 is 272 Å². The van der Waals surface area contributed by atoms with Crippen LogP contribution in [0.4, 0.5) is 41.2 Å². The number of anilines is 7. The molecule has 5 aromatic rings. The number of nitrogens with two attached hydrogens (primary N) is 2. The standard InChI is InChI=1S/C18H21N5O2S.C10H9NO3.C8H14N4S.C5H12N2.C3H3BrN2S.CH3F.CH4NP.CH2O3.CH4.B18.BrH.2K.H/c1-3-15(24)20-14-6-4-5-13(11-14)17(25)21-18-19-12-16(26-18)23-9-7-22(2)8-10-23;1-2-10(13)11-8-4-3-5-9(6-8)14-7-12;1-11-2-4-12(5-3-11)7-6-10-8(9)13-7;1-7-4-2-6-3-5-7;4-2-1-6-3(5)7-2;1-2;1-2-3;2-1-4-3;;1-11(2)16(12(3)4)18(15(9)10)17(13(5)6)14(7)8;;;;/h3-6,11-12H,1,7-10H2,2H3,(H,20,24)(H,19,21,25);2-7H,1H2,(H,11,13);6H,2-5H2,1H3,(H2,9,10);6H,2-5H2,1H3;1H,(H2,5,6);1H3;3H,1H3;1,3H;1H4;;1H;;;/q;;;;;;;;;;;2*+1;-1/p-1/i;;;;;1D;;;;;;;;. The summed E-state index contributed by atoms with van der Waals surface area (Å²) in [6.07, 6.45) is 1.65. The van der Waals surface area contributed by atoms with Gasteiger partial charge < -0.3 is 68.2 Å². The normalized spacial score (nSPS) is 12.4. The molecule has 8 N–H and O–H groups in total. The fourth-order valence-electron chi connectivity index (χ4n) is 8.30. The number of nitrogens with zero attached hydrogens (tertiary/aromatic N) is 9. The molecule has 23 nitrogen and oxygen atoms in total. The van der Waals surface area contributed by atoms with Gasteiger partial charge in [-0.15, -0.1) is 17.0 Å². The first-order valence-corrected chi connectivity index (χ1v) is 32.0. The topological polar surface area (TPSA) is 294 Å². The van der Waals surface area contributed by atoms with Gasteiger partial charge in [0.2, 0.25) is 11.8 Å². The quantitative estimate of drug-likeness (QED) is 0.0119. The number of hydrogen-bond acceptors (Lipinski definition) is 23. The van der Waals surface area contributed by atoms with E-state index in [-0.39, 0.29) is 153 Å². The molecular weight excluding hydrogens is 1490 g/mol. The van der Waals surface area contributed by atoms with E-state index in [1.807, 2.05) is 6.20 Å². The van der Waals surface area contributed by atoms with Gasteiger partial charge in [-0.3, -0.25) is 38.4 Å². The number of carbonyl (C=O) groups excluding carboxylic acids is 5. The van der Waals surface area contributed by atoms with Crippen LogP contribution in [0, 0.1) is 0 Å². The number of halogens is 3. The minimum atomic E-state index is -1.00. The number of carbonyl (C=O) groups is 5. The van der Waals surface area contributed by atoms with Gasteiger partial charge in [-0.1, -0.05) is 66.7 Å². The molecule has 3 aliphatic rings. The second-order valence-corrected chi connectivity index (χ2v) is 24.8. The summed E-state index contributed by atoms with van der Waals surface area (Å²) < 4.78 is 24.4. The van der Waals surface area contributed by atoms with Crippen molar-refractivity contribution in [2.75, 3.05) is 151 Å². The Morgan fingerprint density at radius 2 is 1.08 bits per heavy atom. The first-order chi connectivity index (χ1) is 45.1. The van der Waals surface area contributed by atoms with Crippen molar-refractivity contribution in [3.05, 3.63) is 102 Å². The predicted octanol–water partition coefficient (Wildman–Crippen LogP) is -6.45. The summed E-state index contributed by atoms with van der Waals surface area (Å²) in [5, 5.41) is 23.8. The first kappa shape index (κ1) is 103. The molecule has 488 valence electrons. The Hall–Kier alpha value is -1.41. The molecule has 3 saturated heterocycles. The molecule has 0 unspecified atom stereocenters. The van der Waals surface area contributed by atoms with Crippen LogP contribution in [-0.2, 0) is 24.1 Å². The van der Waals surface area contributed by atoms with Crippen LogP contribution in [0.2, 0.25) is 0 Å². The minimum Gasteiger partial charge on any atom is -1.00 e. The molecule has 6 heterocycles. The number of rotatable bonds is 18. The van der Waals surface area contributed by atoms with Gasteiger partial charge in [-0.2, -0.15) is 0 Å². The fourth-order valence-corrected chi connectivity index (χ4v) is 10.9. The van der Waals surface area contributed by atoms with Crippen LogP contribution in [0.1, 0.15) is 20.6 Å². The van der Waals surface area contributed by atoms with Gasteiger partial charge >= 0.3 is 103 Å². The number of alkyl halides is 1. The van der Waals surface area contributed by atoms with Crippen LogP contribution < -0.4 is 155 Å². The summed E-state index contributed by atoms with van der Waals surface area (Å²) in [6.45, 7) is 20.0. The van der Waals surface area contributed by atoms with Gasteiger partial charge in [0.05, 0.1) is 30.9 Å². The van der Waals surface area contributed by atoms with E-state index in [0.717, 1.165) is 80.3 Å². The molecule has 0 saturated carbocycles. The van der Waals surface area contributed by atoms with Crippen LogP contribution in [0.25, 0.3) is 0 Å². The monoisotopic (exact) mass is 1570 g/mol. The number of thiazole rings is 3. The van der Waals surface area contributed by atoms with Crippen LogP contribution >= 0.6 is 76.0 Å². The third-order valence-electron chi connectivity index (χ3n) is 12.9. The number of likely N-dealkylation sites (N-methyl/N-ethyl adjacent to an activating group) is 3. The predicted molar refractivity (Wildman–Crippen MR) is 430 cm³/mol. The number of nitrogen functional groups attached to an aromatic ring is 2. The van der Waals surface area contributed by atoms with Crippen LogP contribution in [0.3, 0.4) is 0 Å². The summed E-state index contributed by atoms with van der Waals surface area (Å²) in [5.74, 6) is -0.520. The summed E-state index contributed by atoms with van der Waals surface area (Å²) in [5.41, 5.74) is 12.4. The summed E-state index contributed by atoms with van der Waals surface area (Å²) in [4.78, 5) is 79.7. The molecule has 8 rings (SSSR count). The Morgan fingerprint density at radius 3 is 1.42 bits per heavy atom. The van der Waals surface area contributed by atoms with Crippen LogP contribution in [0.5, 0.6) is 5.75 Å². The molecule has 3 aliphatic heterocycles.